The molecule has 102 valence electrons. The third-order valence-electron chi connectivity index (χ3n) is 3.37. The van der Waals surface area contributed by atoms with Gasteiger partial charge in [0.25, 0.3) is 5.91 Å². The highest BCUT2D eigenvalue weighted by Gasteiger charge is 2.10. The fraction of sp³-hybridized carbons (Fsp3) is 0.188. The van der Waals surface area contributed by atoms with E-state index in [-0.39, 0.29) is 5.91 Å². The Morgan fingerprint density at radius 2 is 2.05 bits per heavy atom. The smallest absolute Gasteiger partial charge is 0.267 e. The Bertz CT molecular complexity index is 761. The van der Waals surface area contributed by atoms with Crippen LogP contribution in [-0.2, 0) is 4.74 Å². The summed E-state index contributed by atoms with van der Waals surface area (Å²) in [7, 11) is 1.61. The maximum Gasteiger partial charge on any atom is 0.267 e. The van der Waals surface area contributed by atoms with E-state index in [9.17, 15) is 4.79 Å². The van der Waals surface area contributed by atoms with Gasteiger partial charge in [0, 0.05) is 24.6 Å². The summed E-state index contributed by atoms with van der Waals surface area (Å²) in [4.78, 5) is 15.2. The molecule has 1 heterocycles. The van der Waals surface area contributed by atoms with Crippen LogP contribution in [0.1, 0.15) is 10.5 Å². The molecule has 0 bridgehead atoms. The second-order valence-corrected chi connectivity index (χ2v) is 4.68. The Hall–Kier alpha value is -2.33. The van der Waals surface area contributed by atoms with Crippen molar-refractivity contribution in [2.75, 3.05) is 20.3 Å². The number of hydrogen-bond acceptors (Lipinski definition) is 2. The number of H-pyrrole nitrogens is 1. The summed E-state index contributed by atoms with van der Waals surface area (Å²) in [5.41, 5.74) is 1.55. The van der Waals surface area contributed by atoms with Gasteiger partial charge in [-0.1, -0.05) is 30.3 Å². The second-order valence-electron chi connectivity index (χ2n) is 4.68. The normalized spacial score (nSPS) is 11.1. The van der Waals surface area contributed by atoms with E-state index in [0.29, 0.717) is 18.8 Å². The van der Waals surface area contributed by atoms with Crippen molar-refractivity contribution in [1.82, 2.24) is 10.3 Å². The molecule has 4 nitrogen and oxygen atoms in total. The third-order valence-corrected chi connectivity index (χ3v) is 3.37. The van der Waals surface area contributed by atoms with E-state index in [0.717, 1.165) is 16.3 Å². The minimum atomic E-state index is -0.109. The highest BCUT2D eigenvalue weighted by atomic mass is 16.5. The van der Waals surface area contributed by atoms with Crippen LogP contribution in [0.5, 0.6) is 0 Å². The summed E-state index contributed by atoms with van der Waals surface area (Å²) >= 11 is 0. The van der Waals surface area contributed by atoms with Gasteiger partial charge in [-0.3, -0.25) is 4.79 Å². The predicted octanol–water partition coefficient (Wildman–Crippen LogP) is 2.70. The summed E-state index contributed by atoms with van der Waals surface area (Å²) in [5, 5.41) is 6.20. The van der Waals surface area contributed by atoms with Crippen LogP contribution in [0.3, 0.4) is 0 Å². The molecule has 0 unspecified atom stereocenters. The minimum Gasteiger partial charge on any atom is -0.383 e. The van der Waals surface area contributed by atoms with Crippen LogP contribution in [-0.4, -0.2) is 31.2 Å². The molecule has 3 rings (SSSR count). The summed E-state index contributed by atoms with van der Waals surface area (Å²) in [5.74, 6) is -0.109. The van der Waals surface area contributed by atoms with Gasteiger partial charge in [-0.15, -0.1) is 0 Å². The first kappa shape index (κ1) is 12.7. The molecular formula is C16H16N2O2. The molecule has 3 aromatic rings. The topological polar surface area (TPSA) is 54.1 Å². The van der Waals surface area contributed by atoms with E-state index < -0.39 is 0 Å². The summed E-state index contributed by atoms with van der Waals surface area (Å²) in [6.45, 7) is 1.01. The van der Waals surface area contributed by atoms with Crippen LogP contribution in [0.15, 0.2) is 42.5 Å². The molecule has 0 spiro atoms. The first-order chi connectivity index (χ1) is 9.79. The average molecular weight is 268 g/mol. The summed E-state index contributed by atoms with van der Waals surface area (Å²) < 4.78 is 4.92. The molecule has 1 aromatic heterocycles. The molecule has 0 aliphatic heterocycles. The lowest BCUT2D eigenvalue weighted by atomic mass is 10.1. The number of aromatic amines is 1. The van der Waals surface area contributed by atoms with Crippen molar-refractivity contribution >= 4 is 27.6 Å². The van der Waals surface area contributed by atoms with Crippen molar-refractivity contribution in [3.63, 3.8) is 0 Å². The van der Waals surface area contributed by atoms with Crippen molar-refractivity contribution in [1.29, 1.82) is 0 Å². The molecular weight excluding hydrogens is 252 g/mol. The lowest BCUT2D eigenvalue weighted by molar-refractivity contribution is 0.0933. The number of rotatable bonds is 4. The molecule has 2 N–H and O–H groups in total. The third kappa shape index (κ3) is 2.26. The SMILES string of the molecule is COCCNC(=O)c1cc2c(ccc3ccccc32)[nH]1. The molecule has 0 aliphatic carbocycles. The van der Waals surface area contributed by atoms with Gasteiger partial charge in [-0.05, 0) is 22.9 Å². The van der Waals surface area contributed by atoms with Crippen molar-refractivity contribution < 1.29 is 9.53 Å². The molecule has 1 amide bonds. The maximum absolute atomic E-state index is 12.0. The molecule has 20 heavy (non-hydrogen) atoms. The van der Waals surface area contributed by atoms with Crippen LogP contribution in [0.2, 0.25) is 0 Å². The molecule has 0 saturated carbocycles. The molecule has 0 fully saturated rings. The monoisotopic (exact) mass is 268 g/mol. The predicted molar refractivity (Wildman–Crippen MR) is 80.0 cm³/mol. The number of methoxy groups -OCH3 is 1. The number of nitrogens with one attached hydrogen (secondary N) is 2. The van der Waals surface area contributed by atoms with E-state index in [2.05, 4.69) is 28.5 Å². The lowest BCUT2D eigenvalue weighted by Gasteiger charge is -2.01. The molecule has 2 aromatic carbocycles. The van der Waals surface area contributed by atoms with Gasteiger partial charge in [0.05, 0.1) is 6.61 Å². The lowest BCUT2D eigenvalue weighted by Crippen LogP contribution is -2.27. The fourth-order valence-corrected chi connectivity index (χ4v) is 2.37. The molecule has 0 atom stereocenters. The Kier molecular flexibility index (Phi) is 3.39. The van der Waals surface area contributed by atoms with Crippen molar-refractivity contribution in [3.05, 3.63) is 48.2 Å². The second kappa shape index (κ2) is 5.35. The van der Waals surface area contributed by atoms with Crippen molar-refractivity contribution in [2.45, 2.75) is 0 Å². The maximum atomic E-state index is 12.0. The van der Waals surface area contributed by atoms with Gasteiger partial charge in [0.2, 0.25) is 0 Å². The molecule has 4 heteroatoms. The van der Waals surface area contributed by atoms with Crippen LogP contribution in [0, 0.1) is 0 Å². The number of fused-ring (bicyclic) bond motifs is 3. The van der Waals surface area contributed by atoms with Crippen LogP contribution >= 0.6 is 0 Å². The highest BCUT2D eigenvalue weighted by Crippen LogP contribution is 2.25. The number of aromatic nitrogens is 1. The molecule has 0 radical (unpaired) electrons. The van der Waals surface area contributed by atoms with Crippen LogP contribution < -0.4 is 5.32 Å². The zero-order chi connectivity index (χ0) is 13.9. The number of ether oxygens (including phenoxy) is 1. The van der Waals surface area contributed by atoms with Gasteiger partial charge in [-0.25, -0.2) is 0 Å². The highest BCUT2D eigenvalue weighted by molar-refractivity contribution is 6.09. The summed E-state index contributed by atoms with van der Waals surface area (Å²) in [6, 6.07) is 14.1. The first-order valence-corrected chi connectivity index (χ1v) is 6.57. The Morgan fingerprint density at radius 1 is 1.20 bits per heavy atom. The quantitative estimate of drug-likeness (QED) is 0.715. The molecule has 0 aliphatic rings. The Labute approximate surface area is 116 Å². The first-order valence-electron chi connectivity index (χ1n) is 6.57. The Morgan fingerprint density at radius 3 is 2.90 bits per heavy atom. The van der Waals surface area contributed by atoms with Crippen LogP contribution in [0.4, 0.5) is 0 Å². The number of carbonyl (C=O) groups excluding carboxylic acids is 1. The average Bonchev–Trinajstić information content (AvgIpc) is 2.92. The zero-order valence-electron chi connectivity index (χ0n) is 11.3. The number of amides is 1. The van der Waals surface area contributed by atoms with Crippen LogP contribution in [0.25, 0.3) is 21.7 Å². The zero-order valence-corrected chi connectivity index (χ0v) is 11.3. The van der Waals surface area contributed by atoms with Gasteiger partial charge >= 0.3 is 0 Å². The standard InChI is InChI=1S/C16H16N2O2/c1-20-9-8-17-16(19)15-10-13-12-5-3-2-4-11(12)6-7-14(13)18-15/h2-7,10,18H,8-9H2,1H3,(H,17,19). The van der Waals surface area contributed by atoms with Gasteiger partial charge in [-0.2, -0.15) is 0 Å². The van der Waals surface area contributed by atoms with E-state index in [1.165, 1.54) is 5.39 Å². The van der Waals surface area contributed by atoms with E-state index in [1.54, 1.807) is 7.11 Å². The van der Waals surface area contributed by atoms with E-state index in [1.807, 2.05) is 24.3 Å². The van der Waals surface area contributed by atoms with E-state index in [4.69, 9.17) is 4.74 Å². The van der Waals surface area contributed by atoms with Gasteiger partial charge in [0.15, 0.2) is 0 Å². The molecule has 0 saturated heterocycles. The summed E-state index contributed by atoms with van der Waals surface area (Å²) in [6.07, 6.45) is 0. The van der Waals surface area contributed by atoms with Crippen molar-refractivity contribution in [3.8, 4) is 0 Å². The van der Waals surface area contributed by atoms with E-state index >= 15 is 0 Å². The van der Waals surface area contributed by atoms with Crippen molar-refractivity contribution in [2.24, 2.45) is 0 Å². The number of benzene rings is 2. The number of hydrogen-bond donors (Lipinski definition) is 2. The largest absolute Gasteiger partial charge is 0.383 e. The fourth-order valence-electron chi connectivity index (χ4n) is 2.37. The number of carbonyl (C=O) groups is 1. The minimum absolute atomic E-state index is 0.109. The van der Waals surface area contributed by atoms with Gasteiger partial charge < -0.3 is 15.0 Å². The Balaban J connectivity index is 1.98. The van der Waals surface area contributed by atoms with Gasteiger partial charge in [0.1, 0.15) is 5.69 Å².